The standard InChI is InChI=1S/C73H54N4/c1-9-25-65-53(17-1)54-18-2-10-26-66(54)74(65)45-33-37-49-50-38-34-46(75-67-27-11-3-19-55(67)56-20-4-12-28-68(56)75)42-62(50)73(61(49)41-45)63-43-47(76-69-29-13-5-21-57(69)58-22-6-14-30-70(58)76)35-39-51(63)52-40-36-48(44-64(52)73)77-71-31-15-7-23-59(71)60-24-8-16-32-72(60)77/h1-15,17-21,23-30,33-34,37-38,41-44,58,71H,16,22,31-32,35-36,39-40H2. The molecule has 77 heavy (non-hydrogen) atoms. The smallest absolute Gasteiger partial charge is 0.0721 e. The molecule has 0 amide bonds. The van der Waals surface area contributed by atoms with E-state index in [-0.39, 0.29) is 0 Å². The summed E-state index contributed by atoms with van der Waals surface area (Å²) in [4.78, 5) is 5.51. The second-order valence-corrected chi connectivity index (χ2v) is 22.7. The first-order valence-electron chi connectivity index (χ1n) is 28.2. The number of benzene rings is 7. The molecule has 18 rings (SSSR count). The van der Waals surface area contributed by atoms with E-state index in [1.807, 2.05) is 0 Å². The average Bonchev–Trinajstić information content (AvgIpc) is 4.42. The second kappa shape index (κ2) is 15.6. The van der Waals surface area contributed by atoms with E-state index in [1.165, 1.54) is 134 Å². The highest BCUT2D eigenvalue weighted by Gasteiger charge is 2.56. The van der Waals surface area contributed by atoms with Crippen molar-refractivity contribution in [3.63, 3.8) is 0 Å². The lowest BCUT2D eigenvalue weighted by Crippen LogP contribution is -2.34. The fourth-order valence-electron chi connectivity index (χ4n) is 16.2. The summed E-state index contributed by atoms with van der Waals surface area (Å²) in [5.74, 6) is 0.361. The van der Waals surface area contributed by atoms with Gasteiger partial charge in [0.05, 0.1) is 33.5 Å². The molecule has 9 aliphatic rings. The Bertz CT molecular complexity index is 4270. The van der Waals surface area contributed by atoms with Gasteiger partial charge >= 0.3 is 0 Å². The first-order valence-corrected chi connectivity index (χ1v) is 28.2. The molecule has 4 heteroatoms. The highest BCUT2D eigenvalue weighted by atomic mass is 15.2. The number of allylic oxidation sites excluding steroid dienone is 17. The van der Waals surface area contributed by atoms with Crippen molar-refractivity contribution in [2.24, 2.45) is 0 Å². The molecule has 0 N–H and O–H groups in total. The van der Waals surface area contributed by atoms with Crippen molar-refractivity contribution in [1.82, 2.24) is 14.0 Å². The molecule has 0 fully saturated rings. The van der Waals surface area contributed by atoms with Crippen LogP contribution in [0.25, 0.3) is 66.1 Å². The van der Waals surface area contributed by atoms with Crippen molar-refractivity contribution in [1.29, 1.82) is 0 Å². The van der Waals surface area contributed by atoms with E-state index in [0.717, 1.165) is 51.4 Å². The first-order chi connectivity index (χ1) is 38.2. The Morgan fingerprint density at radius 1 is 0.481 bits per heavy atom. The van der Waals surface area contributed by atoms with Gasteiger partial charge in [-0.2, -0.15) is 0 Å². The minimum absolute atomic E-state index is 0.320. The summed E-state index contributed by atoms with van der Waals surface area (Å²) < 4.78 is 5.08. The van der Waals surface area contributed by atoms with Gasteiger partial charge in [-0.1, -0.05) is 146 Å². The van der Waals surface area contributed by atoms with Gasteiger partial charge in [0.1, 0.15) is 0 Å². The summed E-state index contributed by atoms with van der Waals surface area (Å²) in [5, 5.41) is 5.14. The third-order valence-corrected chi connectivity index (χ3v) is 19.2. The molecule has 0 saturated heterocycles. The molecule has 366 valence electrons. The average molecular weight is 987 g/mol. The first kappa shape index (κ1) is 42.4. The van der Waals surface area contributed by atoms with Gasteiger partial charge < -0.3 is 18.9 Å². The molecule has 1 spiro atoms. The molecule has 0 bridgehead atoms. The zero-order valence-corrected chi connectivity index (χ0v) is 42.9. The van der Waals surface area contributed by atoms with E-state index < -0.39 is 5.41 Å². The van der Waals surface area contributed by atoms with Crippen LogP contribution in [0.2, 0.25) is 0 Å². The van der Waals surface area contributed by atoms with Crippen molar-refractivity contribution in [2.75, 3.05) is 4.90 Å². The second-order valence-electron chi connectivity index (χ2n) is 22.7. The third-order valence-electron chi connectivity index (χ3n) is 19.2. The van der Waals surface area contributed by atoms with Gasteiger partial charge in [0, 0.05) is 67.3 Å². The minimum Gasteiger partial charge on any atom is -0.340 e. The number of aromatic nitrogens is 2. The van der Waals surface area contributed by atoms with Gasteiger partial charge in [0.25, 0.3) is 0 Å². The van der Waals surface area contributed by atoms with Crippen LogP contribution in [0.5, 0.6) is 0 Å². The zero-order chi connectivity index (χ0) is 50.1. The Labute approximate surface area is 448 Å². The fraction of sp³-hybridized carbons (Fsp3) is 0.151. The van der Waals surface area contributed by atoms with Gasteiger partial charge in [0.15, 0.2) is 0 Å². The summed E-state index contributed by atoms with van der Waals surface area (Å²) in [5.41, 5.74) is 29.8. The van der Waals surface area contributed by atoms with Crippen LogP contribution in [0.4, 0.5) is 5.69 Å². The van der Waals surface area contributed by atoms with Crippen molar-refractivity contribution >= 4 is 49.3 Å². The fourth-order valence-corrected chi connectivity index (χ4v) is 16.2. The number of rotatable bonds is 4. The lowest BCUT2D eigenvalue weighted by atomic mass is 9.67. The Morgan fingerprint density at radius 2 is 1.03 bits per heavy atom. The number of nitrogens with zero attached hydrogens (tertiary/aromatic N) is 4. The molecule has 4 heterocycles. The third kappa shape index (κ3) is 5.52. The number of anilines is 1. The Morgan fingerprint density at radius 3 is 1.66 bits per heavy atom. The molecular formula is C73H54N4. The number of hydrogen-bond donors (Lipinski definition) is 0. The number of fused-ring (bicyclic) bond motifs is 19. The maximum Gasteiger partial charge on any atom is 0.0721 e. The minimum atomic E-state index is -0.607. The molecule has 2 aliphatic heterocycles. The van der Waals surface area contributed by atoms with Crippen molar-refractivity contribution < 1.29 is 0 Å². The predicted molar refractivity (Wildman–Crippen MR) is 316 cm³/mol. The lowest BCUT2D eigenvalue weighted by Gasteiger charge is -2.38. The van der Waals surface area contributed by atoms with E-state index >= 15 is 0 Å². The molecule has 2 atom stereocenters. The summed E-state index contributed by atoms with van der Waals surface area (Å²) in [7, 11) is 0. The zero-order valence-electron chi connectivity index (χ0n) is 42.9. The molecule has 0 saturated carbocycles. The molecule has 4 nitrogen and oxygen atoms in total. The van der Waals surface area contributed by atoms with Gasteiger partial charge in [0.2, 0.25) is 0 Å². The summed E-state index contributed by atoms with van der Waals surface area (Å²) in [6.45, 7) is 0. The quantitative estimate of drug-likeness (QED) is 0.175. The summed E-state index contributed by atoms with van der Waals surface area (Å²) >= 11 is 0. The molecule has 9 aromatic rings. The van der Waals surface area contributed by atoms with Gasteiger partial charge in [-0.15, -0.1) is 0 Å². The topological polar surface area (TPSA) is 16.3 Å². The monoisotopic (exact) mass is 986 g/mol. The maximum absolute atomic E-state index is 2.83. The van der Waals surface area contributed by atoms with E-state index in [1.54, 1.807) is 11.1 Å². The van der Waals surface area contributed by atoms with Crippen molar-refractivity contribution in [3.05, 3.63) is 291 Å². The van der Waals surface area contributed by atoms with Crippen LogP contribution in [0.15, 0.2) is 275 Å². The van der Waals surface area contributed by atoms with Crippen LogP contribution < -0.4 is 4.90 Å². The summed E-state index contributed by atoms with van der Waals surface area (Å²) in [6, 6.07) is 60.6. The van der Waals surface area contributed by atoms with Crippen LogP contribution in [-0.4, -0.2) is 20.1 Å². The Kier molecular flexibility index (Phi) is 8.59. The SMILES string of the molecule is C1=CCC2C(=C1)N(C1=CC3=C(CC1)C1=C(C=C(N4C5=C(C=CCC5)C5=CC=CCC54)CC1)C31c3cc(-n4c5ccccc5c5ccccc54)ccc3-c3ccc(-n4c5ccccc5c5ccccc54)cc31)c1ccccc12. The number of hydrogen-bond acceptors (Lipinski definition) is 2. The van der Waals surface area contributed by atoms with Crippen molar-refractivity contribution in [3.8, 4) is 22.5 Å². The van der Waals surface area contributed by atoms with Gasteiger partial charge in [-0.25, -0.2) is 0 Å². The van der Waals surface area contributed by atoms with E-state index in [2.05, 4.69) is 237 Å². The molecule has 0 radical (unpaired) electrons. The van der Waals surface area contributed by atoms with Crippen LogP contribution >= 0.6 is 0 Å². The highest BCUT2D eigenvalue weighted by Crippen LogP contribution is 2.66. The van der Waals surface area contributed by atoms with Crippen molar-refractivity contribution in [2.45, 2.75) is 68.7 Å². The highest BCUT2D eigenvalue weighted by molar-refractivity contribution is 6.10. The molecular weight excluding hydrogens is 933 g/mol. The number of para-hydroxylation sites is 5. The van der Waals surface area contributed by atoms with Crippen LogP contribution in [0.1, 0.15) is 74.0 Å². The van der Waals surface area contributed by atoms with Crippen LogP contribution in [-0.2, 0) is 5.41 Å². The van der Waals surface area contributed by atoms with E-state index in [9.17, 15) is 0 Å². The normalized spacial score (nSPS) is 21.1. The van der Waals surface area contributed by atoms with Crippen LogP contribution in [0, 0.1) is 0 Å². The predicted octanol–water partition coefficient (Wildman–Crippen LogP) is 17.7. The van der Waals surface area contributed by atoms with E-state index in [4.69, 9.17) is 0 Å². The Balaban J connectivity index is 0.941. The Hall–Kier alpha value is -8.86. The maximum atomic E-state index is 2.83. The largest absolute Gasteiger partial charge is 0.340 e. The molecule has 7 aromatic carbocycles. The summed E-state index contributed by atoms with van der Waals surface area (Å²) in [6.07, 6.45) is 32.7. The van der Waals surface area contributed by atoms with Crippen LogP contribution in [0.3, 0.4) is 0 Å². The van der Waals surface area contributed by atoms with E-state index in [0.29, 0.717) is 12.0 Å². The lowest BCUT2D eigenvalue weighted by molar-refractivity contribution is 0.348. The van der Waals surface area contributed by atoms with Gasteiger partial charge in [-0.05, 0) is 185 Å². The molecule has 2 unspecified atom stereocenters. The van der Waals surface area contributed by atoms with Gasteiger partial charge in [-0.3, -0.25) is 0 Å². The molecule has 7 aliphatic carbocycles. The molecule has 2 aromatic heterocycles.